The van der Waals surface area contributed by atoms with Gasteiger partial charge in [0.2, 0.25) is 5.91 Å². The number of anilines is 1. The van der Waals surface area contributed by atoms with E-state index in [4.69, 9.17) is 5.11 Å². The quantitative estimate of drug-likeness (QED) is 0.774. The van der Waals surface area contributed by atoms with Crippen LogP contribution in [0.3, 0.4) is 0 Å². The molecule has 7 nitrogen and oxygen atoms in total. The topological polar surface area (TPSA) is 112 Å². The molecule has 3 rings (SSSR count). The summed E-state index contributed by atoms with van der Waals surface area (Å²) in [7, 11) is 0. The lowest BCUT2D eigenvalue weighted by atomic mass is 9.94. The number of hydrogen-bond donors (Lipinski definition) is 3. The molecule has 0 bridgehead atoms. The van der Waals surface area contributed by atoms with Crippen LogP contribution in [0.15, 0.2) is 30.6 Å². The van der Waals surface area contributed by atoms with Gasteiger partial charge in [-0.1, -0.05) is 6.07 Å². The number of fused-ring (bicyclic) bond motifs is 1. The summed E-state index contributed by atoms with van der Waals surface area (Å²) in [5.74, 6) is -1.20. The van der Waals surface area contributed by atoms with Crippen molar-refractivity contribution in [3.8, 4) is 0 Å². The second kappa shape index (κ2) is 5.53. The second-order valence-corrected chi connectivity index (χ2v) is 4.98. The first-order valence-electron chi connectivity index (χ1n) is 6.68. The Labute approximate surface area is 125 Å². The zero-order valence-corrected chi connectivity index (χ0v) is 11.5. The van der Waals surface area contributed by atoms with Crippen molar-refractivity contribution in [1.82, 2.24) is 9.97 Å². The Hall–Kier alpha value is -2.80. The Balaban J connectivity index is 1.93. The van der Waals surface area contributed by atoms with E-state index < -0.39 is 11.9 Å². The third-order valence-electron chi connectivity index (χ3n) is 3.65. The van der Waals surface area contributed by atoms with Gasteiger partial charge in [0.15, 0.2) is 0 Å². The van der Waals surface area contributed by atoms with E-state index in [1.807, 2.05) is 6.07 Å². The van der Waals surface area contributed by atoms with Crippen LogP contribution in [0.2, 0.25) is 0 Å². The average Bonchev–Trinajstić information content (AvgIpc) is 2.83. The van der Waals surface area contributed by atoms with Gasteiger partial charge in [-0.25, -0.2) is 9.78 Å². The van der Waals surface area contributed by atoms with Crippen molar-refractivity contribution in [1.29, 1.82) is 0 Å². The lowest BCUT2D eigenvalue weighted by Gasteiger charge is -2.11. The number of aromatic nitrogens is 2. The van der Waals surface area contributed by atoms with E-state index in [-0.39, 0.29) is 24.5 Å². The van der Waals surface area contributed by atoms with Crippen LogP contribution < -0.4 is 5.32 Å². The van der Waals surface area contributed by atoms with Gasteiger partial charge < -0.3 is 15.5 Å². The predicted octanol–water partition coefficient (Wildman–Crippen LogP) is 0.945. The first-order valence-corrected chi connectivity index (χ1v) is 6.68. The SMILES string of the molecule is O=C(O)c1cnc(CC2C(=O)Nc3ncccc32)c(CO)c1. The standard InChI is InChI=1S/C15H13N3O4/c19-7-9-4-8(15(21)22)6-17-12(9)5-11-10-2-1-3-16-13(10)18-14(11)20/h1-4,6,11,19H,5,7H2,(H,21,22)(H,16,18,20). The van der Waals surface area contributed by atoms with E-state index in [2.05, 4.69) is 15.3 Å². The molecule has 1 aliphatic heterocycles. The molecular weight excluding hydrogens is 286 g/mol. The molecule has 1 aliphatic rings. The van der Waals surface area contributed by atoms with Crippen LogP contribution in [0, 0.1) is 0 Å². The van der Waals surface area contributed by atoms with Crippen LogP contribution in [-0.4, -0.2) is 32.1 Å². The number of carbonyl (C=O) groups excluding carboxylic acids is 1. The smallest absolute Gasteiger partial charge is 0.337 e. The molecular formula is C15H13N3O4. The highest BCUT2D eigenvalue weighted by Gasteiger charge is 2.32. The summed E-state index contributed by atoms with van der Waals surface area (Å²) < 4.78 is 0. The minimum atomic E-state index is -1.11. The van der Waals surface area contributed by atoms with Crippen molar-refractivity contribution >= 4 is 17.7 Å². The van der Waals surface area contributed by atoms with Gasteiger partial charge in [0.1, 0.15) is 5.82 Å². The first kappa shape index (κ1) is 14.2. The molecule has 0 saturated carbocycles. The highest BCUT2D eigenvalue weighted by Crippen LogP contribution is 2.33. The Morgan fingerprint density at radius 3 is 2.91 bits per heavy atom. The minimum absolute atomic E-state index is 0.00532. The molecule has 0 aromatic carbocycles. The lowest BCUT2D eigenvalue weighted by Crippen LogP contribution is -2.16. The van der Waals surface area contributed by atoms with Crippen LogP contribution in [0.4, 0.5) is 5.82 Å². The van der Waals surface area contributed by atoms with Crippen molar-refractivity contribution in [2.24, 2.45) is 0 Å². The molecule has 1 unspecified atom stereocenters. The van der Waals surface area contributed by atoms with Crippen LogP contribution >= 0.6 is 0 Å². The molecule has 2 aromatic rings. The van der Waals surface area contributed by atoms with E-state index in [0.29, 0.717) is 17.1 Å². The summed E-state index contributed by atoms with van der Waals surface area (Å²) in [6.45, 7) is -0.336. The highest BCUT2D eigenvalue weighted by atomic mass is 16.4. The number of aromatic carboxylic acids is 1. The summed E-state index contributed by atoms with van der Waals surface area (Å²) >= 11 is 0. The molecule has 0 radical (unpaired) electrons. The number of carbonyl (C=O) groups is 2. The summed E-state index contributed by atoms with van der Waals surface area (Å²) in [6, 6.07) is 4.94. The number of nitrogens with one attached hydrogen (secondary N) is 1. The van der Waals surface area contributed by atoms with Crippen LogP contribution in [0.1, 0.15) is 33.1 Å². The van der Waals surface area contributed by atoms with Gasteiger partial charge >= 0.3 is 5.97 Å². The van der Waals surface area contributed by atoms with E-state index >= 15 is 0 Å². The fourth-order valence-corrected chi connectivity index (χ4v) is 2.52. The summed E-state index contributed by atoms with van der Waals surface area (Å²) in [6.07, 6.45) is 3.11. The van der Waals surface area contributed by atoms with E-state index in [0.717, 1.165) is 5.56 Å². The fraction of sp³-hybridized carbons (Fsp3) is 0.200. The summed E-state index contributed by atoms with van der Waals surface area (Å²) in [4.78, 5) is 31.2. The number of aliphatic hydroxyl groups excluding tert-OH is 1. The number of aliphatic hydroxyl groups is 1. The molecule has 7 heteroatoms. The average molecular weight is 299 g/mol. The van der Waals surface area contributed by atoms with Crippen molar-refractivity contribution in [3.05, 3.63) is 53.0 Å². The van der Waals surface area contributed by atoms with Crippen molar-refractivity contribution < 1.29 is 19.8 Å². The Morgan fingerprint density at radius 1 is 1.36 bits per heavy atom. The number of rotatable bonds is 4. The molecule has 2 aromatic heterocycles. The molecule has 22 heavy (non-hydrogen) atoms. The third-order valence-corrected chi connectivity index (χ3v) is 3.65. The number of nitrogens with zero attached hydrogens (tertiary/aromatic N) is 2. The maximum absolute atomic E-state index is 12.1. The van der Waals surface area contributed by atoms with Crippen LogP contribution in [0.25, 0.3) is 0 Å². The zero-order chi connectivity index (χ0) is 15.7. The van der Waals surface area contributed by atoms with Gasteiger partial charge in [-0.3, -0.25) is 9.78 Å². The molecule has 0 spiro atoms. The fourth-order valence-electron chi connectivity index (χ4n) is 2.52. The monoisotopic (exact) mass is 299 g/mol. The minimum Gasteiger partial charge on any atom is -0.478 e. The molecule has 3 N–H and O–H groups in total. The lowest BCUT2D eigenvalue weighted by molar-refractivity contribution is -0.117. The van der Waals surface area contributed by atoms with Crippen LogP contribution in [-0.2, 0) is 17.8 Å². The van der Waals surface area contributed by atoms with Crippen molar-refractivity contribution in [2.75, 3.05) is 5.32 Å². The predicted molar refractivity (Wildman–Crippen MR) is 76.4 cm³/mol. The van der Waals surface area contributed by atoms with Gasteiger partial charge in [-0.15, -0.1) is 0 Å². The summed E-state index contributed by atoms with van der Waals surface area (Å²) in [5, 5.41) is 21.1. The second-order valence-electron chi connectivity index (χ2n) is 4.98. The normalized spacial score (nSPS) is 16.2. The Morgan fingerprint density at radius 2 is 2.18 bits per heavy atom. The molecule has 0 fully saturated rings. The van der Waals surface area contributed by atoms with Crippen molar-refractivity contribution in [3.63, 3.8) is 0 Å². The third kappa shape index (κ3) is 2.42. The van der Waals surface area contributed by atoms with Gasteiger partial charge in [-0.05, 0) is 17.7 Å². The van der Waals surface area contributed by atoms with Crippen LogP contribution in [0.5, 0.6) is 0 Å². The largest absolute Gasteiger partial charge is 0.478 e. The van der Waals surface area contributed by atoms with Crippen molar-refractivity contribution in [2.45, 2.75) is 18.9 Å². The number of carboxylic acids is 1. The number of pyridine rings is 2. The molecule has 0 saturated heterocycles. The maximum atomic E-state index is 12.1. The Kier molecular flexibility index (Phi) is 3.56. The molecule has 3 heterocycles. The number of amides is 1. The van der Waals surface area contributed by atoms with Gasteiger partial charge in [0, 0.05) is 30.1 Å². The van der Waals surface area contributed by atoms with Gasteiger partial charge in [-0.2, -0.15) is 0 Å². The maximum Gasteiger partial charge on any atom is 0.337 e. The van der Waals surface area contributed by atoms with E-state index in [9.17, 15) is 14.7 Å². The summed E-state index contributed by atoms with van der Waals surface area (Å²) in [5.41, 5.74) is 1.70. The number of carboxylic acid groups (broad SMARTS) is 1. The van der Waals surface area contributed by atoms with E-state index in [1.165, 1.54) is 12.3 Å². The first-order chi connectivity index (χ1) is 10.6. The van der Waals surface area contributed by atoms with E-state index in [1.54, 1.807) is 12.3 Å². The number of hydrogen-bond acceptors (Lipinski definition) is 5. The molecule has 1 atom stereocenters. The van der Waals surface area contributed by atoms with Gasteiger partial charge in [0.05, 0.1) is 18.1 Å². The molecule has 112 valence electrons. The Bertz CT molecular complexity index is 760. The molecule has 1 amide bonds. The zero-order valence-electron chi connectivity index (χ0n) is 11.5. The highest BCUT2D eigenvalue weighted by molar-refractivity contribution is 6.01. The van der Waals surface area contributed by atoms with Gasteiger partial charge in [0.25, 0.3) is 0 Å². The molecule has 0 aliphatic carbocycles.